The Bertz CT molecular complexity index is 1230. The van der Waals surface area contributed by atoms with Gasteiger partial charge in [0.1, 0.15) is 5.69 Å². The first-order valence-electron chi connectivity index (χ1n) is 15.6. The van der Waals surface area contributed by atoms with E-state index in [0.717, 1.165) is 25.3 Å². The van der Waals surface area contributed by atoms with Gasteiger partial charge in [-0.1, -0.05) is 65.5 Å². The molecule has 4 aliphatic rings. The van der Waals surface area contributed by atoms with Crippen molar-refractivity contribution in [1.82, 2.24) is 0 Å². The van der Waals surface area contributed by atoms with E-state index in [-0.39, 0.29) is 34.0 Å². The molecule has 0 heterocycles. The van der Waals surface area contributed by atoms with Crippen molar-refractivity contribution in [3.8, 4) is 0 Å². The fourth-order valence-corrected chi connectivity index (χ4v) is 9.92. The number of nitrogens with one attached hydrogen (secondary N) is 1. The summed E-state index contributed by atoms with van der Waals surface area (Å²) in [6.45, 7) is 9.48. The fraction of sp³-hybridized carbons (Fsp3) is 0.719. The maximum Gasteiger partial charge on any atom is 0.301 e. The summed E-state index contributed by atoms with van der Waals surface area (Å²) in [4.78, 5) is 21.5. The number of benzene rings is 1. The van der Waals surface area contributed by atoms with Crippen LogP contribution in [0.5, 0.6) is 0 Å². The molecular weight excluding hydrogens is 520 g/mol. The van der Waals surface area contributed by atoms with Crippen LogP contribution in [-0.4, -0.2) is 26.8 Å². The fourth-order valence-electron chi connectivity index (χ4n) is 9.92. The van der Waals surface area contributed by atoms with Crippen molar-refractivity contribution in [2.45, 2.75) is 97.5 Å². The predicted molar refractivity (Wildman–Crippen MR) is 161 cm³/mol. The third kappa shape index (κ3) is 4.78. The molecule has 9 heteroatoms. The second-order valence-corrected chi connectivity index (χ2v) is 13.8. The molecule has 0 amide bonds. The van der Waals surface area contributed by atoms with E-state index in [9.17, 15) is 25.3 Å². The van der Waals surface area contributed by atoms with Crippen LogP contribution < -0.4 is 5.43 Å². The van der Waals surface area contributed by atoms with E-state index in [4.69, 9.17) is 0 Å². The lowest BCUT2D eigenvalue weighted by Gasteiger charge is -2.51. The third-order valence-corrected chi connectivity index (χ3v) is 12.0. The van der Waals surface area contributed by atoms with Gasteiger partial charge in [0.25, 0.3) is 5.69 Å². The summed E-state index contributed by atoms with van der Waals surface area (Å²) < 4.78 is 0. The van der Waals surface area contributed by atoms with Gasteiger partial charge in [0, 0.05) is 23.6 Å². The largest absolute Gasteiger partial charge is 0.385 e. The van der Waals surface area contributed by atoms with Gasteiger partial charge in [-0.3, -0.25) is 25.7 Å². The lowest BCUT2D eigenvalue weighted by atomic mass is 9.53. The zero-order valence-corrected chi connectivity index (χ0v) is 24.9. The van der Waals surface area contributed by atoms with Crippen LogP contribution in [0.15, 0.2) is 35.5 Å². The highest BCUT2D eigenvalue weighted by atomic mass is 16.6. The van der Waals surface area contributed by atoms with E-state index in [1.54, 1.807) is 6.21 Å². The summed E-state index contributed by atoms with van der Waals surface area (Å²) in [6, 6.07) is 3.51. The Morgan fingerprint density at radius 3 is 2.61 bits per heavy atom. The topological polar surface area (TPSA) is 131 Å². The number of rotatable bonds is 10. The highest BCUT2D eigenvalue weighted by Gasteiger charge is 2.70. The minimum Gasteiger partial charge on any atom is -0.385 e. The summed E-state index contributed by atoms with van der Waals surface area (Å²) in [5, 5.41) is 39.7. The maximum atomic E-state index is 12.4. The van der Waals surface area contributed by atoms with Gasteiger partial charge < -0.3 is 5.11 Å². The first-order valence-corrected chi connectivity index (χ1v) is 15.6. The van der Waals surface area contributed by atoms with Gasteiger partial charge in [0.2, 0.25) is 0 Å². The van der Waals surface area contributed by atoms with Crippen LogP contribution in [0.3, 0.4) is 0 Å². The Balaban J connectivity index is 1.46. The lowest BCUT2D eigenvalue weighted by molar-refractivity contribution is -0.393. The first kappa shape index (κ1) is 29.7. The van der Waals surface area contributed by atoms with Crippen LogP contribution in [-0.2, 0) is 0 Å². The van der Waals surface area contributed by atoms with Crippen molar-refractivity contribution < 1.29 is 15.0 Å². The molecule has 1 aromatic carbocycles. The van der Waals surface area contributed by atoms with Crippen LogP contribution in [0.2, 0.25) is 0 Å². The lowest BCUT2D eigenvalue weighted by Crippen LogP contribution is -2.49. The minimum absolute atomic E-state index is 0.0932. The number of nitro groups is 2. The molecule has 5 rings (SSSR count). The number of nitro benzene ring substituents is 2. The molecule has 0 radical (unpaired) electrons. The molecule has 1 aromatic rings. The average molecular weight is 567 g/mol. The molecule has 0 aromatic heterocycles. The Kier molecular flexibility index (Phi) is 8.05. The number of aliphatic hydroxyl groups is 1. The van der Waals surface area contributed by atoms with Gasteiger partial charge >= 0.3 is 5.69 Å². The molecule has 0 spiro atoms. The van der Waals surface area contributed by atoms with Gasteiger partial charge in [-0.15, -0.1) is 0 Å². The van der Waals surface area contributed by atoms with E-state index in [0.29, 0.717) is 23.7 Å². The number of nitrogens with zero attached hydrogens (tertiary/aromatic N) is 3. The molecule has 41 heavy (non-hydrogen) atoms. The van der Waals surface area contributed by atoms with Gasteiger partial charge in [-0.05, 0) is 79.6 Å². The molecule has 9 atom stereocenters. The number of unbranched alkanes of at least 4 members (excludes halogenated alkanes) is 2. The van der Waals surface area contributed by atoms with Crippen LogP contribution >= 0.6 is 0 Å². The molecule has 0 saturated heterocycles. The van der Waals surface area contributed by atoms with Crippen LogP contribution in [0.1, 0.15) is 91.9 Å². The van der Waals surface area contributed by atoms with Gasteiger partial charge in [0.05, 0.1) is 21.5 Å². The third-order valence-electron chi connectivity index (χ3n) is 12.0. The normalized spacial score (nSPS) is 38.3. The standard InChI is InChI=1S/C32H46N4O5/c1-5-6-7-10-21(2)23-12-13-24-29-25(15-18-30(23,24)3)31(4)16-8-9-17-32(31,37)26(29)20-33-34-27-14-11-22(35(38)39)19-28(27)36(40)41/h9,11,14,17,19-21,23-26,29,34,37H,5-8,10,12-13,15-16,18H2,1-4H3/b33-20+/t21-,23-,24?,25?,26-,29?,30-,31-,32-/m1/s1. The number of hydrazone groups is 1. The van der Waals surface area contributed by atoms with E-state index in [2.05, 4.69) is 44.3 Å². The molecule has 0 bridgehead atoms. The van der Waals surface area contributed by atoms with Gasteiger partial charge in [0.15, 0.2) is 0 Å². The predicted octanol–water partition coefficient (Wildman–Crippen LogP) is 7.89. The number of fused-ring (bicyclic) bond motifs is 5. The second-order valence-electron chi connectivity index (χ2n) is 13.8. The molecule has 224 valence electrons. The van der Waals surface area contributed by atoms with Crippen molar-refractivity contribution >= 4 is 23.3 Å². The molecule has 3 saturated carbocycles. The summed E-state index contributed by atoms with van der Waals surface area (Å²) in [7, 11) is 0. The second kappa shape index (κ2) is 11.1. The smallest absolute Gasteiger partial charge is 0.301 e. The van der Waals surface area contributed by atoms with E-state index >= 15 is 0 Å². The molecule has 9 nitrogen and oxygen atoms in total. The molecular formula is C32H46N4O5. The zero-order chi connectivity index (χ0) is 29.6. The van der Waals surface area contributed by atoms with E-state index in [1.165, 1.54) is 57.1 Å². The van der Waals surface area contributed by atoms with Crippen molar-refractivity contribution in [3.05, 3.63) is 50.6 Å². The first-order chi connectivity index (χ1) is 19.5. The summed E-state index contributed by atoms with van der Waals surface area (Å²) in [5.41, 5.74) is 1.09. The van der Waals surface area contributed by atoms with Crippen molar-refractivity contribution in [1.29, 1.82) is 0 Å². The van der Waals surface area contributed by atoms with Crippen LogP contribution in [0.4, 0.5) is 17.1 Å². The zero-order valence-electron chi connectivity index (χ0n) is 24.9. The number of anilines is 1. The Morgan fingerprint density at radius 1 is 1.12 bits per heavy atom. The highest BCUT2D eigenvalue weighted by molar-refractivity contribution is 5.70. The van der Waals surface area contributed by atoms with Gasteiger partial charge in [-0.2, -0.15) is 5.10 Å². The summed E-state index contributed by atoms with van der Waals surface area (Å²) in [6.07, 6.45) is 17.6. The summed E-state index contributed by atoms with van der Waals surface area (Å²) in [5.74, 6) is 2.30. The van der Waals surface area contributed by atoms with Gasteiger partial charge in [-0.25, -0.2) is 0 Å². The van der Waals surface area contributed by atoms with Crippen LogP contribution in [0.25, 0.3) is 0 Å². The average Bonchev–Trinajstić information content (AvgIpc) is 3.38. The molecule has 4 aliphatic carbocycles. The number of hydrogen-bond donors (Lipinski definition) is 2. The van der Waals surface area contributed by atoms with Crippen molar-refractivity contribution in [2.24, 2.45) is 51.4 Å². The maximum absolute atomic E-state index is 12.4. The highest BCUT2D eigenvalue weighted by Crippen LogP contribution is 2.72. The molecule has 2 N–H and O–H groups in total. The quantitative estimate of drug-likeness (QED) is 0.0973. The van der Waals surface area contributed by atoms with Crippen molar-refractivity contribution in [2.75, 3.05) is 5.43 Å². The Hall–Kier alpha value is -2.81. The van der Waals surface area contributed by atoms with Crippen LogP contribution in [0, 0.1) is 66.6 Å². The van der Waals surface area contributed by atoms with E-state index in [1.807, 2.05) is 6.08 Å². The molecule has 3 unspecified atom stereocenters. The summed E-state index contributed by atoms with van der Waals surface area (Å²) >= 11 is 0. The monoisotopic (exact) mass is 566 g/mol. The Morgan fingerprint density at radius 2 is 1.90 bits per heavy atom. The molecule has 0 aliphatic heterocycles. The Labute approximate surface area is 243 Å². The SMILES string of the molecule is CCCCC[C@@H](C)[C@H]1CCC2C3C(CC[C@@]21C)[C@@]1(C)CCC=C[C@@]1(O)[C@@H]3/C=N/Nc1ccc([N+](=O)[O-])cc1[N+](=O)[O-]. The number of hydrogen-bond acceptors (Lipinski definition) is 7. The van der Waals surface area contributed by atoms with E-state index < -0.39 is 21.1 Å². The number of non-ortho nitro benzene ring substituents is 1. The number of allylic oxidation sites excluding steroid dienone is 1. The minimum atomic E-state index is -1.04. The van der Waals surface area contributed by atoms with Crippen molar-refractivity contribution in [3.63, 3.8) is 0 Å². The molecule has 3 fully saturated rings.